The van der Waals surface area contributed by atoms with Crippen molar-refractivity contribution in [3.63, 3.8) is 0 Å². The van der Waals surface area contributed by atoms with Crippen molar-refractivity contribution in [2.45, 2.75) is 89.9 Å². The zero-order valence-electron chi connectivity index (χ0n) is 22.5. The molecule has 2 unspecified atom stereocenters. The summed E-state index contributed by atoms with van der Waals surface area (Å²) in [6, 6.07) is 13.7. The Morgan fingerprint density at radius 3 is 2.30 bits per heavy atom. The molecule has 3 N–H and O–H groups in total. The van der Waals surface area contributed by atoms with Gasteiger partial charge < -0.3 is 9.94 Å². The molecule has 1 aliphatic heterocycles. The monoisotopic (exact) mass is 513 g/mol. The number of hydrogen-bond acceptors (Lipinski definition) is 5. The second-order valence-electron chi connectivity index (χ2n) is 11.8. The van der Waals surface area contributed by atoms with Crippen molar-refractivity contribution in [1.82, 2.24) is 10.8 Å². The smallest absolute Gasteiger partial charge is 0.218 e. The maximum Gasteiger partial charge on any atom is 0.218 e. The van der Waals surface area contributed by atoms with E-state index in [-0.39, 0.29) is 11.0 Å². The number of benzene rings is 2. The van der Waals surface area contributed by atoms with Crippen molar-refractivity contribution in [2.24, 2.45) is 5.41 Å². The van der Waals surface area contributed by atoms with E-state index < -0.39 is 23.4 Å². The van der Waals surface area contributed by atoms with E-state index in [0.717, 1.165) is 49.7 Å². The van der Waals surface area contributed by atoms with Gasteiger partial charge in [0.2, 0.25) is 5.88 Å². The summed E-state index contributed by atoms with van der Waals surface area (Å²) in [6.07, 6.45) is 7.39. The Morgan fingerprint density at radius 2 is 1.70 bits per heavy atom. The number of rotatable bonds is 9. The van der Waals surface area contributed by atoms with Crippen molar-refractivity contribution in [3.8, 4) is 0 Å². The molecule has 2 aromatic carbocycles. The van der Waals surface area contributed by atoms with Gasteiger partial charge in [0.1, 0.15) is 11.6 Å². The van der Waals surface area contributed by atoms with E-state index in [1.165, 1.54) is 12.1 Å². The molecule has 1 aliphatic carbocycles. The molecule has 0 spiro atoms. The Morgan fingerprint density at radius 1 is 1.05 bits per heavy atom. The second kappa shape index (κ2) is 11.1. The normalized spacial score (nSPS) is 22.3. The summed E-state index contributed by atoms with van der Waals surface area (Å²) in [7, 11) is 0. The van der Waals surface area contributed by atoms with Crippen LogP contribution >= 0.6 is 0 Å². The van der Waals surface area contributed by atoms with Gasteiger partial charge in [0.25, 0.3) is 0 Å². The van der Waals surface area contributed by atoms with Gasteiger partial charge in [-0.05, 0) is 80.7 Å². The first-order valence-corrected chi connectivity index (χ1v) is 13.4. The standard InChI is InChI=1S/C30H41F2N3O2/c1-28(2,3)29(4)20-27(37-34-29)35(25-11-7-5-8-12-25)30(15-9-6-10-16-30)33-21-26(36)14-13-22-17-23(31)19-24(32)18-22/h5,7-8,11-12,17-20,26,33-34,36H,6,9-10,13-16,21H2,1-4H3. The van der Waals surface area contributed by atoms with Crippen molar-refractivity contribution >= 4 is 5.69 Å². The van der Waals surface area contributed by atoms with Crippen LogP contribution in [0.3, 0.4) is 0 Å². The Bertz CT molecular complexity index is 1060. The lowest BCUT2D eigenvalue weighted by Crippen LogP contribution is -2.61. The van der Waals surface area contributed by atoms with Gasteiger partial charge in [0.15, 0.2) is 0 Å². The fourth-order valence-electron chi connectivity index (χ4n) is 5.22. The second-order valence-corrected chi connectivity index (χ2v) is 11.8. The average Bonchev–Trinajstić information content (AvgIpc) is 3.25. The molecule has 0 radical (unpaired) electrons. The van der Waals surface area contributed by atoms with Crippen molar-refractivity contribution in [2.75, 3.05) is 11.4 Å². The van der Waals surface area contributed by atoms with Gasteiger partial charge in [-0.15, -0.1) is 5.48 Å². The lowest BCUT2D eigenvalue weighted by atomic mass is 9.75. The number of aliphatic hydroxyl groups excluding tert-OH is 1. The SMILES string of the molecule is CC(C)(C)C1(C)C=C(N(c2ccccc2)C2(NCC(O)CCc3cc(F)cc(F)c3)CCCCC2)ON1. The Kier molecular flexibility index (Phi) is 8.26. The predicted molar refractivity (Wildman–Crippen MR) is 144 cm³/mol. The zero-order chi connectivity index (χ0) is 26.7. The van der Waals surface area contributed by atoms with Gasteiger partial charge in [-0.25, -0.2) is 8.78 Å². The topological polar surface area (TPSA) is 56.8 Å². The number of nitrogens with one attached hydrogen (secondary N) is 2. The van der Waals surface area contributed by atoms with Crippen LogP contribution < -0.4 is 15.7 Å². The molecule has 0 aromatic heterocycles. The first-order valence-electron chi connectivity index (χ1n) is 13.4. The molecule has 2 atom stereocenters. The number of hydrogen-bond donors (Lipinski definition) is 3. The molecule has 202 valence electrons. The van der Waals surface area contributed by atoms with E-state index in [1.807, 2.05) is 18.2 Å². The molecule has 37 heavy (non-hydrogen) atoms. The molecule has 0 amide bonds. The van der Waals surface area contributed by atoms with Crippen LogP contribution in [0.2, 0.25) is 0 Å². The van der Waals surface area contributed by atoms with Crippen LogP contribution in [-0.4, -0.2) is 29.0 Å². The van der Waals surface area contributed by atoms with Crippen LogP contribution in [0.4, 0.5) is 14.5 Å². The van der Waals surface area contributed by atoms with Crippen molar-refractivity contribution in [3.05, 3.63) is 77.7 Å². The first kappa shape index (κ1) is 27.6. The minimum atomic E-state index is -0.667. The van der Waals surface area contributed by atoms with Crippen LogP contribution in [0.5, 0.6) is 0 Å². The van der Waals surface area contributed by atoms with E-state index in [1.54, 1.807) is 0 Å². The summed E-state index contributed by atoms with van der Waals surface area (Å²) in [6.45, 7) is 9.06. The molecule has 2 aliphatic rings. The highest BCUT2D eigenvalue weighted by Crippen LogP contribution is 2.42. The number of anilines is 1. The quantitative estimate of drug-likeness (QED) is 0.349. The Hall–Kier alpha value is -2.48. The molecule has 2 aromatic rings. The third kappa shape index (κ3) is 6.33. The third-order valence-electron chi connectivity index (χ3n) is 8.04. The molecule has 0 saturated heterocycles. The average molecular weight is 514 g/mol. The van der Waals surface area contributed by atoms with E-state index in [0.29, 0.717) is 24.9 Å². The van der Waals surface area contributed by atoms with Crippen molar-refractivity contribution < 1.29 is 18.7 Å². The maximum absolute atomic E-state index is 13.6. The summed E-state index contributed by atoms with van der Waals surface area (Å²) in [5, 5.41) is 14.6. The summed E-state index contributed by atoms with van der Waals surface area (Å²) < 4.78 is 27.2. The lowest BCUT2D eigenvalue weighted by Gasteiger charge is -2.48. The minimum absolute atomic E-state index is 0.0726. The van der Waals surface area contributed by atoms with E-state index in [4.69, 9.17) is 4.84 Å². The van der Waals surface area contributed by atoms with Gasteiger partial charge in [-0.2, -0.15) is 0 Å². The molecule has 1 heterocycles. The zero-order valence-corrected chi connectivity index (χ0v) is 22.5. The molecule has 5 nitrogen and oxygen atoms in total. The fraction of sp³-hybridized carbons (Fsp3) is 0.533. The van der Waals surface area contributed by atoms with E-state index in [2.05, 4.69) is 61.6 Å². The maximum atomic E-state index is 13.6. The fourth-order valence-corrected chi connectivity index (χ4v) is 5.22. The molecule has 1 fully saturated rings. The number of hydroxylamine groups is 1. The van der Waals surface area contributed by atoms with Crippen LogP contribution in [0.25, 0.3) is 0 Å². The van der Waals surface area contributed by atoms with Crippen LogP contribution in [0.1, 0.15) is 71.8 Å². The van der Waals surface area contributed by atoms with E-state index >= 15 is 0 Å². The Balaban J connectivity index is 1.57. The van der Waals surface area contributed by atoms with Crippen LogP contribution in [0.15, 0.2) is 60.5 Å². The predicted octanol–water partition coefficient (Wildman–Crippen LogP) is 6.20. The van der Waals surface area contributed by atoms with Gasteiger partial charge in [-0.1, -0.05) is 45.4 Å². The lowest BCUT2D eigenvalue weighted by molar-refractivity contribution is 0.0278. The summed E-state index contributed by atoms with van der Waals surface area (Å²) in [5.41, 5.74) is 3.97. The Labute approximate surface area is 219 Å². The number of aryl methyl sites for hydroxylation is 1. The molecule has 4 rings (SSSR count). The van der Waals surface area contributed by atoms with Gasteiger partial charge in [0.05, 0.1) is 17.3 Å². The highest BCUT2D eigenvalue weighted by molar-refractivity contribution is 5.55. The van der Waals surface area contributed by atoms with Gasteiger partial charge >= 0.3 is 0 Å². The number of halogens is 2. The van der Waals surface area contributed by atoms with Gasteiger partial charge in [-0.3, -0.25) is 10.2 Å². The molecule has 0 bridgehead atoms. The summed E-state index contributed by atoms with van der Waals surface area (Å²) in [5.74, 6) is -0.436. The molecular formula is C30H41F2N3O2. The number of para-hydroxylation sites is 1. The molecule has 7 heteroatoms. The number of nitrogens with zero attached hydrogens (tertiary/aromatic N) is 1. The molecular weight excluding hydrogens is 472 g/mol. The van der Waals surface area contributed by atoms with Crippen molar-refractivity contribution in [1.29, 1.82) is 0 Å². The highest BCUT2D eigenvalue weighted by atomic mass is 19.1. The minimum Gasteiger partial charge on any atom is -0.392 e. The molecule has 1 saturated carbocycles. The van der Waals surface area contributed by atoms with Crippen LogP contribution in [-0.2, 0) is 11.3 Å². The summed E-state index contributed by atoms with van der Waals surface area (Å²) >= 11 is 0. The van der Waals surface area contributed by atoms with E-state index in [9.17, 15) is 13.9 Å². The first-order chi connectivity index (χ1) is 17.5. The highest BCUT2D eigenvalue weighted by Gasteiger charge is 2.47. The number of aliphatic hydroxyl groups is 1. The third-order valence-corrected chi connectivity index (χ3v) is 8.04. The summed E-state index contributed by atoms with van der Waals surface area (Å²) in [4.78, 5) is 8.44. The van der Waals surface area contributed by atoms with Gasteiger partial charge in [0, 0.05) is 24.4 Å². The van der Waals surface area contributed by atoms with Crippen LogP contribution in [0, 0.1) is 17.0 Å². The largest absolute Gasteiger partial charge is 0.392 e.